The van der Waals surface area contributed by atoms with Gasteiger partial charge in [-0.2, -0.15) is 0 Å². The van der Waals surface area contributed by atoms with Crippen LogP contribution in [0.25, 0.3) is 0 Å². The largest absolute Gasteiger partial charge is 0.492 e. The smallest absolute Gasteiger partial charge is 0.227 e. The number of halogens is 1. The van der Waals surface area contributed by atoms with Crippen LogP contribution in [0, 0.1) is 5.92 Å². The molecular weight excluding hydrogens is 330 g/mol. The molecule has 1 aromatic carbocycles. The lowest BCUT2D eigenvalue weighted by Gasteiger charge is -2.20. The molecule has 1 aromatic rings. The maximum absolute atomic E-state index is 12.3. The van der Waals surface area contributed by atoms with Crippen molar-refractivity contribution in [1.82, 2.24) is 5.32 Å². The van der Waals surface area contributed by atoms with Gasteiger partial charge in [0.25, 0.3) is 0 Å². The monoisotopic (exact) mass is 355 g/mol. The summed E-state index contributed by atoms with van der Waals surface area (Å²) in [7, 11) is 0. The lowest BCUT2D eigenvalue weighted by Crippen LogP contribution is -2.35. The minimum absolute atomic E-state index is 0. The minimum Gasteiger partial charge on any atom is -0.492 e. The fourth-order valence-corrected chi connectivity index (χ4v) is 2.64. The second-order valence-corrected chi connectivity index (χ2v) is 5.86. The van der Waals surface area contributed by atoms with Gasteiger partial charge in [0, 0.05) is 25.6 Å². The summed E-state index contributed by atoms with van der Waals surface area (Å²) >= 11 is 0. The van der Waals surface area contributed by atoms with E-state index in [-0.39, 0.29) is 42.6 Å². The van der Waals surface area contributed by atoms with Crippen molar-refractivity contribution in [3.05, 3.63) is 24.3 Å². The molecule has 0 saturated carbocycles. The van der Waals surface area contributed by atoms with Gasteiger partial charge in [-0.05, 0) is 32.4 Å². The number of anilines is 1. The van der Waals surface area contributed by atoms with Gasteiger partial charge in [-0.25, -0.2) is 0 Å². The van der Waals surface area contributed by atoms with Gasteiger partial charge in [-0.15, -0.1) is 12.4 Å². The number of nitrogens with two attached hydrogens (primary N) is 1. The second kappa shape index (κ2) is 9.49. The van der Waals surface area contributed by atoms with Crippen LogP contribution in [0.2, 0.25) is 0 Å². The van der Waals surface area contributed by atoms with Crippen molar-refractivity contribution in [2.24, 2.45) is 11.7 Å². The molecular formula is C17H26ClN3O3. The SMILES string of the molecule is CCOc1ccccc1N1CC(C(=O)NCCC(C)N)CC1=O.Cl. The highest BCUT2D eigenvalue weighted by Gasteiger charge is 2.36. The van der Waals surface area contributed by atoms with Crippen molar-refractivity contribution in [2.75, 3.05) is 24.6 Å². The van der Waals surface area contributed by atoms with E-state index in [1.54, 1.807) is 4.90 Å². The molecule has 2 amide bonds. The highest BCUT2D eigenvalue weighted by atomic mass is 35.5. The Morgan fingerprint density at radius 1 is 1.46 bits per heavy atom. The Bertz CT molecular complexity index is 566. The first-order valence-corrected chi connectivity index (χ1v) is 8.08. The van der Waals surface area contributed by atoms with Gasteiger partial charge in [0.2, 0.25) is 11.8 Å². The molecule has 2 atom stereocenters. The Kier molecular flexibility index (Phi) is 8.01. The summed E-state index contributed by atoms with van der Waals surface area (Å²) in [5.41, 5.74) is 6.40. The van der Waals surface area contributed by atoms with Gasteiger partial charge in [-0.3, -0.25) is 9.59 Å². The summed E-state index contributed by atoms with van der Waals surface area (Å²) < 4.78 is 5.58. The van der Waals surface area contributed by atoms with Crippen LogP contribution >= 0.6 is 12.4 Å². The summed E-state index contributed by atoms with van der Waals surface area (Å²) in [4.78, 5) is 26.1. The average molecular weight is 356 g/mol. The first-order valence-electron chi connectivity index (χ1n) is 8.08. The van der Waals surface area contributed by atoms with Crippen LogP contribution in [0.5, 0.6) is 5.75 Å². The molecule has 1 heterocycles. The third kappa shape index (κ3) is 5.11. The molecule has 1 aliphatic rings. The van der Waals surface area contributed by atoms with E-state index in [2.05, 4.69) is 5.32 Å². The summed E-state index contributed by atoms with van der Waals surface area (Å²) in [6.45, 7) is 5.25. The number of carbonyl (C=O) groups is 2. The molecule has 0 aromatic heterocycles. The van der Waals surface area contributed by atoms with Crippen LogP contribution in [-0.2, 0) is 9.59 Å². The van der Waals surface area contributed by atoms with Crippen LogP contribution in [0.1, 0.15) is 26.7 Å². The van der Waals surface area contributed by atoms with Crippen molar-refractivity contribution in [3.63, 3.8) is 0 Å². The molecule has 3 N–H and O–H groups in total. The molecule has 0 bridgehead atoms. The summed E-state index contributed by atoms with van der Waals surface area (Å²) in [6, 6.07) is 7.46. The fraction of sp³-hybridized carbons (Fsp3) is 0.529. The molecule has 1 fully saturated rings. The van der Waals surface area contributed by atoms with Crippen molar-refractivity contribution in [2.45, 2.75) is 32.7 Å². The molecule has 2 rings (SSSR count). The highest BCUT2D eigenvalue weighted by Crippen LogP contribution is 2.33. The van der Waals surface area contributed by atoms with E-state index >= 15 is 0 Å². The molecule has 24 heavy (non-hydrogen) atoms. The van der Waals surface area contributed by atoms with Crippen LogP contribution in [-0.4, -0.2) is 37.6 Å². The number of rotatable bonds is 7. The average Bonchev–Trinajstić information content (AvgIpc) is 2.89. The van der Waals surface area contributed by atoms with Crippen LogP contribution in [0.15, 0.2) is 24.3 Å². The second-order valence-electron chi connectivity index (χ2n) is 5.86. The maximum Gasteiger partial charge on any atom is 0.227 e. The zero-order valence-electron chi connectivity index (χ0n) is 14.2. The Labute approximate surface area is 149 Å². The molecule has 1 saturated heterocycles. The van der Waals surface area contributed by atoms with E-state index in [0.29, 0.717) is 25.4 Å². The van der Waals surface area contributed by atoms with Gasteiger partial charge in [0.05, 0.1) is 18.2 Å². The van der Waals surface area contributed by atoms with Gasteiger partial charge in [-0.1, -0.05) is 12.1 Å². The molecule has 134 valence electrons. The zero-order valence-corrected chi connectivity index (χ0v) is 15.0. The Hall–Kier alpha value is -1.79. The maximum atomic E-state index is 12.3. The summed E-state index contributed by atoms with van der Waals surface area (Å²) in [5, 5.41) is 2.86. The molecule has 7 heteroatoms. The first kappa shape index (κ1) is 20.3. The fourth-order valence-electron chi connectivity index (χ4n) is 2.64. The normalized spacial score (nSPS) is 18.0. The highest BCUT2D eigenvalue weighted by molar-refractivity contribution is 6.01. The predicted molar refractivity (Wildman–Crippen MR) is 96.6 cm³/mol. The van der Waals surface area contributed by atoms with Crippen LogP contribution < -0.4 is 20.7 Å². The Balaban J connectivity index is 0.00000288. The molecule has 0 spiro atoms. The van der Waals surface area contributed by atoms with E-state index in [9.17, 15) is 9.59 Å². The number of hydrogen-bond acceptors (Lipinski definition) is 4. The van der Waals surface area contributed by atoms with E-state index in [1.165, 1.54) is 0 Å². The molecule has 0 radical (unpaired) electrons. The van der Waals surface area contributed by atoms with Gasteiger partial charge >= 0.3 is 0 Å². The van der Waals surface area contributed by atoms with Crippen LogP contribution in [0.3, 0.4) is 0 Å². The summed E-state index contributed by atoms with van der Waals surface area (Å²) in [6.07, 6.45) is 0.952. The first-order chi connectivity index (χ1) is 11.0. The molecule has 6 nitrogen and oxygen atoms in total. The van der Waals surface area contributed by atoms with E-state index in [0.717, 1.165) is 12.1 Å². The lowest BCUT2D eigenvalue weighted by molar-refractivity contribution is -0.126. The van der Waals surface area contributed by atoms with Crippen molar-refractivity contribution < 1.29 is 14.3 Å². The topological polar surface area (TPSA) is 84.7 Å². The van der Waals surface area contributed by atoms with E-state index < -0.39 is 0 Å². The number of carbonyl (C=O) groups excluding carboxylic acids is 2. The molecule has 1 aliphatic heterocycles. The van der Waals surface area contributed by atoms with E-state index in [1.807, 2.05) is 38.1 Å². The number of para-hydroxylation sites is 2. The standard InChI is InChI=1S/C17H25N3O3.ClH/c1-3-23-15-7-5-4-6-14(15)20-11-13(10-16(20)21)17(22)19-9-8-12(2)18;/h4-7,12-13H,3,8-11,18H2,1-2H3,(H,19,22);1H. The van der Waals surface area contributed by atoms with Gasteiger partial charge in [0.15, 0.2) is 0 Å². The van der Waals surface area contributed by atoms with Crippen molar-refractivity contribution in [3.8, 4) is 5.75 Å². The van der Waals surface area contributed by atoms with Gasteiger partial charge < -0.3 is 20.7 Å². The zero-order chi connectivity index (χ0) is 16.8. The van der Waals surface area contributed by atoms with Crippen molar-refractivity contribution in [1.29, 1.82) is 0 Å². The number of ether oxygens (including phenoxy) is 1. The lowest BCUT2D eigenvalue weighted by atomic mass is 10.1. The van der Waals surface area contributed by atoms with Crippen molar-refractivity contribution >= 4 is 29.9 Å². The van der Waals surface area contributed by atoms with Gasteiger partial charge in [0.1, 0.15) is 5.75 Å². The Morgan fingerprint density at radius 3 is 2.83 bits per heavy atom. The Morgan fingerprint density at radius 2 is 2.17 bits per heavy atom. The number of hydrogen-bond donors (Lipinski definition) is 2. The summed E-state index contributed by atoms with van der Waals surface area (Å²) in [5.74, 6) is 0.200. The number of amides is 2. The molecule has 2 unspecified atom stereocenters. The van der Waals surface area contributed by atoms with Crippen LogP contribution in [0.4, 0.5) is 5.69 Å². The quantitative estimate of drug-likeness (QED) is 0.779. The van der Waals surface area contributed by atoms with E-state index in [4.69, 9.17) is 10.5 Å². The third-order valence-electron chi connectivity index (χ3n) is 3.85. The minimum atomic E-state index is -0.328. The third-order valence-corrected chi connectivity index (χ3v) is 3.85. The molecule has 0 aliphatic carbocycles. The number of nitrogens with zero attached hydrogens (tertiary/aromatic N) is 1. The number of benzene rings is 1. The predicted octanol–water partition coefficient (Wildman–Crippen LogP) is 1.71. The number of nitrogens with one attached hydrogen (secondary N) is 1.